The summed E-state index contributed by atoms with van der Waals surface area (Å²) in [6, 6.07) is 20.9. The number of anilines is 1. The number of nitrogens with zero attached hydrogens (tertiary/aromatic N) is 4. The summed E-state index contributed by atoms with van der Waals surface area (Å²) in [5, 5.41) is 7.67. The van der Waals surface area contributed by atoms with Crippen LogP contribution in [0.3, 0.4) is 0 Å². The van der Waals surface area contributed by atoms with Crippen molar-refractivity contribution in [3.05, 3.63) is 89.4 Å². The summed E-state index contributed by atoms with van der Waals surface area (Å²) in [6.07, 6.45) is 2.41. The molecule has 0 aliphatic rings. The normalized spacial score (nSPS) is 11.1. The molecule has 164 valence electrons. The monoisotopic (exact) mass is 457 g/mol. The lowest BCUT2D eigenvalue weighted by atomic mass is 10.1. The topological polar surface area (TPSA) is 85.3 Å². The second-order valence-electron chi connectivity index (χ2n) is 7.63. The number of carbonyl (C=O) groups is 1. The quantitative estimate of drug-likeness (QED) is 0.359. The number of pyridine rings is 1. The Kier molecular flexibility index (Phi) is 5.62. The number of imidazole rings is 1. The zero-order valence-corrected chi connectivity index (χ0v) is 18.6. The molecule has 2 aromatic carbocycles. The molecule has 0 fully saturated rings. The van der Waals surface area contributed by atoms with E-state index in [9.17, 15) is 4.79 Å². The lowest BCUT2D eigenvalue weighted by molar-refractivity contribution is -0.116. The van der Waals surface area contributed by atoms with Crippen LogP contribution < -0.4 is 5.32 Å². The molecule has 5 aromatic rings. The first-order valence-electron chi connectivity index (χ1n) is 10.5. The van der Waals surface area contributed by atoms with E-state index < -0.39 is 0 Å². The lowest BCUT2D eigenvalue weighted by Crippen LogP contribution is -2.14. The first-order valence-corrected chi connectivity index (χ1v) is 10.9. The molecule has 1 N–H and O–H groups in total. The van der Waals surface area contributed by atoms with E-state index in [4.69, 9.17) is 21.1 Å². The first-order chi connectivity index (χ1) is 16.1. The first kappa shape index (κ1) is 20.9. The number of carbonyl (C=O) groups excluding carboxylic acids is 1. The van der Waals surface area contributed by atoms with E-state index in [0.717, 1.165) is 28.0 Å². The third-order valence-electron chi connectivity index (χ3n) is 5.29. The number of aryl methyl sites for hydroxylation is 2. The van der Waals surface area contributed by atoms with Crippen molar-refractivity contribution in [1.29, 1.82) is 0 Å². The average molecular weight is 458 g/mol. The van der Waals surface area contributed by atoms with Crippen LogP contribution in [0.1, 0.15) is 17.9 Å². The van der Waals surface area contributed by atoms with Crippen molar-refractivity contribution in [2.45, 2.75) is 19.8 Å². The molecule has 8 heteroatoms. The van der Waals surface area contributed by atoms with Gasteiger partial charge in [-0.15, -0.1) is 0 Å². The van der Waals surface area contributed by atoms with Crippen LogP contribution in [0.2, 0.25) is 5.02 Å². The molecular formula is C25H20ClN5O2. The van der Waals surface area contributed by atoms with Crippen molar-refractivity contribution >= 4 is 29.0 Å². The molecular weight excluding hydrogens is 438 g/mol. The van der Waals surface area contributed by atoms with Gasteiger partial charge in [0.2, 0.25) is 17.6 Å². The van der Waals surface area contributed by atoms with Crippen LogP contribution in [0.15, 0.2) is 77.4 Å². The summed E-state index contributed by atoms with van der Waals surface area (Å²) in [4.78, 5) is 22.0. The van der Waals surface area contributed by atoms with Gasteiger partial charge >= 0.3 is 0 Å². The second-order valence-corrected chi connectivity index (χ2v) is 8.06. The van der Waals surface area contributed by atoms with Crippen molar-refractivity contribution < 1.29 is 9.32 Å². The van der Waals surface area contributed by atoms with Crippen LogP contribution in [0.4, 0.5) is 5.82 Å². The highest BCUT2D eigenvalue weighted by Gasteiger charge is 2.18. The highest BCUT2D eigenvalue weighted by molar-refractivity contribution is 6.30. The van der Waals surface area contributed by atoms with Crippen LogP contribution in [0, 0.1) is 6.92 Å². The van der Waals surface area contributed by atoms with E-state index in [1.165, 1.54) is 0 Å². The van der Waals surface area contributed by atoms with E-state index in [2.05, 4.69) is 15.5 Å². The predicted octanol–water partition coefficient (Wildman–Crippen LogP) is 5.58. The maximum Gasteiger partial charge on any atom is 0.227 e. The molecule has 0 unspecified atom stereocenters. The van der Waals surface area contributed by atoms with Crippen molar-refractivity contribution in [2.75, 3.05) is 5.32 Å². The number of amides is 1. The highest BCUT2D eigenvalue weighted by Crippen LogP contribution is 2.30. The van der Waals surface area contributed by atoms with E-state index >= 15 is 0 Å². The van der Waals surface area contributed by atoms with E-state index in [-0.39, 0.29) is 12.3 Å². The van der Waals surface area contributed by atoms with Gasteiger partial charge in [0.1, 0.15) is 17.2 Å². The molecule has 0 radical (unpaired) electrons. The smallest absolute Gasteiger partial charge is 0.227 e. The van der Waals surface area contributed by atoms with Crippen molar-refractivity contribution in [3.8, 4) is 22.6 Å². The zero-order chi connectivity index (χ0) is 22.8. The summed E-state index contributed by atoms with van der Waals surface area (Å²) in [7, 11) is 0. The van der Waals surface area contributed by atoms with Crippen LogP contribution >= 0.6 is 11.6 Å². The molecule has 0 saturated heterocycles. The lowest BCUT2D eigenvalue weighted by Gasteiger charge is -2.07. The molecule has 0 saturated carbocycles. The van der Waals surface area contributed by atoms with Crippen LogP contribution in [0.25, 0.3) is 28.3 Å². The van der Waals surface area contributed by atoms with Crippen molar-refractivity contribution in [1.82, 2.24) is 19.5 Å². The number of benzene rings is 2. The molecule has 3 heterocycles. The predicted molar refractivity (Wildman–Crippen MR) is 127 cm³/mol. The van der Waals surface area contributed by atoms with Gasteiger partial charge in [-0.25, -0.2) is 4.98 Å². The Bertz CT molecular complexity index is 1420. The van der Waals surface area contributed by atoms with E-state index in [1.807, 2.05) is 72.1 Å². The van der Waals surface area contributed by atoms with Gasteiger partial charge in [-0.1, -0.05) is 53.2 Å². The fourth-order valence-corrected chi connectivity index (χ4v) is 3.73. The molecule has 1 amide bonds. The average Bonchev–Trinajstić information content (AvgIpc) is 3.45. The van der Waals surface area contributed by atoms with Gasteiger partial charge in [-0.05, 0) is 42.8 Å². The Balaban J connectivity index is 1.35. The maximum absolute atomic E-state index is 12.9. The molecule has 0 aliphatic carbocycles. The minimum atomic E-state index is -0.165. The maximum atomic E-state index is 12.9. The highest BCUT2D eigenvalue weighted by atomic mass is 35.5. The third kappa shape index (κ3) is 4.36. The summed E-state index contributed by atoms with van der Waals surface area (Å²) in [5.74, 6) is 1.33. The summed E-state index contributed by atoms with van der Waals surface area (Å²) < 4.78 is 7.23. The van der Waals surface area contributed by atoms with Gasteiger partial charge < -0.3 is 9.84 Å². The standard InChI is InChI=1S/C25H20ClN5O2/c1-16-6-5-15-31-24(16)29-22(17-7-3-2-4-8-17)25(31)27-20(32)13-14-21-28-23(30-33-21)18-9-11-19(26)12-10-18/h2-12,15H,13-14H2,1H3,(H,27,32). The molecule has 7 nitrogen and oxygen atoms in total. The Morgan fingerprint density at radius 3 is 2.58 bits per heavy atom. The Morgan fingerprint density at radius 1 is 1.00 bits per heavy atom. The zero-order valence-electron chi connectivity index (χ0n) is 17.8. The van der Waals surface area contributed by atoms with Crippen LogP contribution in [0.5, 0.6) is 0 Å². The number of fused-ring (bicyclic) bond motifs is 1. The number of halogens is 1. The summed E-state index contributed by atoms with van der Waals surface area (Å²) in [6.45, 7) is 2.00. The number of hydrogen-bond acceptors (Lipinski definition) is 5. The fourth-order valence-electron chi connectivity index (χ4n) is 3.61. The number of hydrogen-bond donors (Lipinski definition) is 1. The van der Waals surface area contributed by atoms with Gasteiger partial charge in [0.25, 0.3) is 0 Å². The fraction of sp³-hybridized carbons (Fsp3) is 0.120. The van der Waals surface area contributed by atoms with E-state index in [1.54, 1.807) is 12.1 Å². The van der Waals surface area contributed by atoms with Gasteiger partial charge in [-0.2, -0.15) is 4.98 Å². The molecule has 3 aromatic heterocycles. The molecule has 33 heavy (non-hydrogen) atoms. The summed E-state index contributed by atoms with van der Waals surface area (Å²) in [5.41, 5.74) is 4.28. The minimum absolute atomic E-state index is 0.165. The largest absolute Gasteiger partial charge is 0.339 e. The number of rotatable bonds is 6. The SMILES string of the molecule is Cc1cccn2c(NC(=O)CCc3nc(-c4ccc(Cl)cc4)no3)c(-c3ccccc3)nc12. The van der Waals surface area contributed by atoms with Crippen LogP contribution in [-0.2, 0) is 11.2 Å². The van der Waals surface area contributed by atoms with Gasteiger partial charge in [0.05, 0.1) is 0 Å². The Labute approximate surface area is 195 Å². The Morgan fingerprint density at radius 2 is 1.79 bits per heavy atom. The number of aromatic nitrogens is 4. The Hall–Kier alpha value is -3.97. The molecule has 0 aliphatic heterocycles. The van der Waals surface area contributed by atoms with Gasteiger partial charge in [-0.3, -0.25) is 9.20 Å². The molecule has 0 atom stereocenters. The van der Waals surface area contributed by atoms with E-state index in [0.29, 0.717) is 29.0 Å². The molecule has 0 bridgehead atoms. The van der Waals surface area contributed by atoms with Crippen LogP contribution in [-0.4, -0.2) is 25.4 Å². The molecule has 5 rings (SSSR count). The van der Waals surface area contributed by atoms with Crippen molar-refractivity contribution in [2.24, 2.45) is 0 Å². The molecule has 0 spiro atoms. The second kappa shape index (κ2) is 8.88. The van der Waals surface area contributed by atoms with Crippen molar-refractivity contribution in [3.63, 3.8) is 0 Å². The summed E-state index contributed by atoms with van der Waals surface area (Å²) >= 11 is 5.93. The minimum Gasteiger partial charge on any atom is -0.339 e. The van der Waals surface area contributed by atoms with Gasteiger partial charge in [0, 0.05) is 35.2 Å². The third-order valence-corrected chi connectivity index (χ3v) is 5.54. The number of nitrogens with one attached hydrogen (secondary N) is 1. The van der Waals surface area contributed by atoms with Gasteiger partial charge in [0.15, 0.2) is 0 Å².